The lowest BCUT2D eigenvalue weighted by Crippen LogP contribution is -2.20. The zero-order chi connectivity index (χ0) is 24.6. The number of benzene rings is 1. The summed E-state index contributed by atoms with van der Waals surface area (Å²) in [7, 11) is -3.95. The summed E-state index contributed by atoms with van der Waals surface area (Å²) in [5.41, 5.74) is -2.69. The molecule has 3 aromatic rings. The van der Waals surface area contributed by atoms with Gasteiger partial charge in [-0.15, -0.1) is 0 Å². The largest absolute Gasteiger partial charge is 0.446 e. The fourth-order valence-corrected chi connectivity index (χ4v) is 6.83. The monoisotopic (exact) mass is 525 g/mol. The molecule has 2 aromatic heterocycles. The van der Waals surface area contributed by atoms with E-state index in [1.807, 2.05) is 6.07 Å². The molecular weight excluding hydrogens is 503 g/mol. The van der Waals surface area contributed by atoms with E-state index < -0.39 is 15.8 Å². The Labute approximate surface area is 203 Å². The average molecular weight is 526 g/mol. The van der Waals surface area contributed by atoms with Crippen molar-refractivity contribution in [3.8, 4) is 11.3 Å². The number of rotatable bonds is 6. The zero-order valence-electron chi connectivity index (χ0n) is 18.3. The van der Waals surface area contributed by atoms with Crippen LogP contribution in [0, 0.1) is 10.8 Å². The Bertz CT molecular complexity index is 1430. The summed E-state index contributed by atoms with van der Waals surface area (Å²) in [6.45, 7) is 0. The van der Waals surface area contributed by atoms with Crippen LogP contribution in [0.3, 0.4) is 0 Å². The number of halogens is 3. The number of anilines is 1. The highest BCUT2D eigenvalue weighted by Crippen LogP contribution is 2.72. The SMILES string of the molecule is NS(=O)(=O)O[C@H]1CC12CC[C@]1(C[C@@H]1Nc1ccnc3cc(-c4cccc(SC(F)(F)F)c4)nn13)C2. The molecule has 0 amide bonds. The normalized spacial score (nSPS) is 29.8. The van der Waals surface area contributed by atoms with Crippen LogP contribution in [-0.2, 0) is 14.5 Å². The summed E-state index contributed by atoms with van der Waals surface area (Å²) in [6, 6.07) is 9.96. The average Bonchev–Trinajstić information content (AvgIpc) is 3.43. The first-order chi connectivity index (χ1) is 16.4. The van der Waals surface area contributed by atoms with Crippen molar-refractivity contribution in [2.45, 2.75) is 54.7 Å². The van der Waals surface area contributed by atoms with Gasteiger partial charge in [0.25, 0.3) is 0 Å². The molecule has 1 unspecified atom stereocenters. The molecule has 186 valence electrons. The molecule has 0 bridgehead atoms. The lowest BCUT2D eigenvalue weighted by atomic mass is 10.00. The summed E-state index contributed by atoms with van der Waals surface area (Å²) in [6.07, 6.45) is 5.80. The first kappa shape index (κ1) is 23.1. The molecule has 35 heavy (non-hydrogen) atoms. The lowest BCUT2D eigenvalue weighted by Gasteiger charge is -2.13. The van der Waals surface area contributed by atoms with E-state index in [9.17, 15) is 21.6 Å². The van der Waals surface area contributed by atoms with Gasteiger partial charge in [-0.2, -0.15) is 31.2 Å². The Morgan fingerprint density at radius 2 is 1.97 bits per heavy atom. The number of nitrogens with one attached hydrogen (secondary N) is 1. The number of thioether (sulfide) groups is 1. The van der Waals surface area contributed by atoms with Crippen molar-refractivity contribution in [1.82, 2.24) is 14.6 Å². The molecule has 3 saturated carbocycles. The second kappa shape index (κ2) is 7.58. The van der Waals surface area contributed by atoms with Crippen LogP contribution in [0.25, 0.3) is 16.9 Å². The third-order valence-electron chi connectivity index (χ3n) is 7.42. The van der Waals surface area contributed by atoms with Crippen LogP contribution in [-0.4, -0.2) is 40.7 Å². The van der Waals surface area contributed by atoms with Gasteiger partial charge in [0.15, 0.2) is 5.65 Å². The molecule has 3 N–H and O–H groups in total. The molecule has 0 radical (unpaired) electrons. The van der Waals surface area contributed by atoms with Gasteiger partial charge in [-0.25, -0.2) is 10.1 Å². The van der Waals surface area contributed by atoms with Crippen LogP contribution < -0.4 is 10.5 Å². The van der Waals surface area contributed by atoms with Crippen molar-refractivity contribution >= 4 is 33.5 Å². The van der Waals surface area contributed by atoms with Crippen LogP contribution in [0.5, 0.6) is 0 Å². The maximum Gasteiger partial charge on any atom is 0.446 e. The van der Waals surface area contributed by atoms with Crippen molar-refractivity contribution in [3.63, 3.8) is 0 Å². The van der Waals surface area contributed by atoms with E-state index in [2.05, 4.69) is 15.4 Å². The summed E-state index contributed by atoms with van der Waals surface area (Å²) >= 11 is -0.157. The van der Waals surface area contributed by atoms with Gasteiger partial charge in [0.2, 0.25) is 0 Å². The number of alkyl halides is 3. The topological polar surface area (TPSA) is 112 Å². The Balaban J connectivity index is 1.19. The second-order valence-corrected chi connectivity index (χ2v) is 12.1. The van der Waals surface area contributed by atoms with Gasteiger partial charge < -0.3 is 5.32 Å². The van der Waals surface area contributed by atoms with Crippen LogP contribution in [0.2, 0.25) is 0 Å². The van der Waals surface area contributed by atoms with Crippen molar-refractivity contribution < 1.29 is 25.8 Å². The molecule has 0 saturated heterocycles. The molecule has 4 atom stereocenters. The van der Waals surface area contributed by atoms with Gasteiger partial charge in [0.1, 0.15) is 5.82 Å². The Morgan fingerprint density at radius 1 is 1.17 bits per heavy atom. The number of nitrogens with zero attached hydrogens (tertiary/aromatic N) is 3. The zero-order valence-corrected chi connectivity index (χ0v) is 20.0. The van der Waals surface area contributed by atoms with E-state index in [0.29, 0.717) is 23.3 Å². The highest BCUT2D eigenvalue weighted by atomic mass is 32.2. The molecule has 2 heterocycles. The Kier molecular flexibility index (Phi) is 4.99. The van der Waals surface area contributed by atoms with E-state index in [4.69, 9.17) is 9.32 Å². The molecule has 2 spiro atoms. The van der Waals surface area contributed by atoms with Gasteiger partial charge in [0, 0.05) is 34.2 Å². The minimum Gasteiger partial charge on any atom is -0.367 e. The first-order valence-corrected chi connectivity index (χ1v) is 13.4. The molecule has 8 nitrogen and oxygen atoms in total. The summed E-state index contributed by atoms with van der Waals surface area (Å²) in [4.78, 5) is 4.45. The molecule has 3 fully saturated rings. The number of hydrogen-bond donors (Lipinski definition) is 2. The Hall–Kier alpha value is -2.35. The van der Waals surface area contributed by atoms with Gasteiger partial charge in [-0.1, -0.05) is 12.1 Å². The molecule has 13 heteroatoms. The molecule has 0 aliphatic heterocycles. The number of hydrogen-bond acceptors (Lipinski definition) is 7. The van der Waals surface area contributed by atoms with Crippen molar-refractivity contribution in [2.75, 3.05) is 5.32 Å². The molecule has 6 rings (SSSR count). The van der Waals surface area contributed by atoms with Crippen LogP contribution >= 0.6 is 11.8 Å². The van der Waals surface area contributed by atoms with Crippen LogP contribution in [0.1, 0.15) is 32.1 Å². The number of fused-ring (bicyclic) bond motifs is 1. The van der Waals surface area contributed by atoms with Gasteiger partial charge in [-0.05, 0) is 67.5 Å². The third kappa shape index (κ3) is 4.50. The number of aromatic nitrogens is 3. The fraction of sp³-hybridized carbons (Fsp3) is 0.455. The summed E-state index contributed by atoms with van der Waals surface area (Å²) < 4.78 is 67.6. The van der Waals surface area contributed by atoms with Crippen molar-refractivity contribution in [1.29, 1.82) is 0 Å². The molecule has 3 aliphatic rings. The van der Waals surface area contributed by atoms with Crippen molar-refractivity contribution in [2.24, 2.45) is 16.0 Å². The quantitative estimate of drug-likeness (QED) is 0.461. The van der Waals surface area contributed by atoms with E-state index in [-0.39, 0.29) is 39.6 Å². The van der Waals surface area contributed by atoms with Gasteiger partial charge in [0.05, 0.1) is 11.8 Å². The van der Waals surface area contributed by atoms with Crippen LogP contribution in [0.15, 0.2) is 47.5 Å². The predicted octanol–water partition coefficient (Wildman–Crippen LogP) is 4.34. The molecule has 3 aliphatic carbocycles. The van der Waals surface area contributed by atoms with Crippen molar-refractivity contribution in [3.05, 3.63) is 42.6 Å². The highest BCUT2D eigenvalue weighted by Gasteiger charge is 2.70. The fourth-order valence-electron chi connectivity index (χ4n) is 5.63. The minimum absolute atomic E-state index is 0.0885. The van der Waals surface area contributed by atoms with E-state index in [1.165, 1.54) is 12.1 Å². The minimum atomic E-state index is -4.36. The number of nitrogens with two attached hydrogens (primary N) is 1. The molecule has 1 aromatic carbocycles. The second-order valence-electron chi connectivity index (χ2n) is 9.79. The predicted molar refractivity (Wildman–Crippen MR) is 124 cm³/mol. The van der Waals surface area contributed by atoms with E-state index in [0.717, 1.165) is 31.5 Å². The third-order valence-corrected chi connectivity index (χ3v) is 8.64. The Morgan fingerprint density at radius 3 is 2.74 bits per heavy atom. The highest BCUT2D eigenvalue weighted by molar-refractivity contribution is 8.00. The first-order valence-electron chi connectivity index (χ1n) is 11.1. The van der Waals surface area contributed by atoms with Gasteiger partial charge in [-0.3, -0.25) is 4.18 Å². The maximum absolute atomic E-state index is 12.8. The standard InChI is InChI=1S/C22H22F3N5O3S2/c23-22(24,25)34-14-3-1-2-13(8-14)15-9-19-27-7-4-18(30(19)29-15)28-16-10-20(16)5-6-21(12-20)11-17(21)33-35(26,31)32/h1-4,7-9,16-17,28H,5-6,10-12H2,(H2,26,31,32)/t16-,17-,20-,21?/m0/s1. The van der Waals surface area contributed by atoms with Gasteiger partial charge >= 0.3 is 15.8 Å². The summed E-state index contributed by atoms with van der Waals surface area (Å²) in [5.74, 6) is 0.748. The molecular formula is C22H22F3N5O3S2. The maximum atomic E-state index is 12.8. The van der Waals surface area contributed by atoms with E-state index >= 15 is 0 Å². The summed E-state index contributed by atoms with van der Waals surface area (Å²) in [5, 5.41) is 13.2. The van der Waals surface area contributed by atoms with E-state index in [1.54, 1.807) is 28.9 Å². The lowest BCUT2D eigenvalue weighted by molar-refractivity contribution is -0.0328. The smallest absolute Gasteiger partial charge is 0.367 e. The van der Waals surface area contributed by atoms with Crippen LogP contribution in [0.4, 0.5) is 19.0 Å².